The molecule has 0 bridgehead atoms. The highest BCUT2D eigenvalue weighted by molar-refractivity contribution is 5.64. The van der Waals surface area contributed by atoms with Gasteiger partial charge < -0.3 is 14.8 Å². The molecule has 162 valence electrons. The average molecular weight is 427 g/mol. The van der Waals surface area contributed by atoms with Crippen LogP contribution in [0.2, 0.25) is 0 Å². The van der Waals surface area contributed by atoms with E-state index in [4.69, 9.17) is 5.26 Å². The van der Waals surface area contributed by atoms with E-state index in [0.717, 1.165) is 29.8 Å². The van der Waals surface area contributed by atoms with Gasteiger partial charge in [-0.25, -0.2) is 4.98 Å². The Bertz CT molecular complexity index is 1140. The molecule has 2 atom stereocenters. The second-order valence-electron chi connectivity index (χ2n) is 8.08. The lowest BCUT2D eigenvalue weighted by atomic mass is 9.90. The van der Waals surface area contributed by atoms with Crippen LogP contribution in [0.15, 0.2) is 60.9 Å². The van der Waals surface area contributed by atoms with E-state index in [2.05, 4.69) is 52.1 Å². The van der Waals surface area contributed by atoms with Crippen molar-refractivity contribution in [1.82, 2.24) is 14.5 Å². The maximum atomic E-state index is 9.83. The molecule has 0 radical (unpaired) electrons. The van der Waals surface area contributed by atoms with Crippen LogP contribution in [-0.2, 0) is 0 Å². The van der Waals surface area contributed by atoms with Gasteiger partial charge in [-0.1, -0.05) is 48.2 Å². The Morgan fingerprint density at radius 3 is 2.34 bits per heavy atom. The summed E-state index contributed by atoms with van der Waals surface area (Å²) in [6.07, 6.45) is 2.58. The highest BCUT2D eigenvalue weighted by Gasteiger charge is 2.27. The van der Waals surface area contributed by atoms with E-state index >= 15 is 0 Å². The SMILES string of the molecule is C[C@H](O)c1nccn1[C@@H](C#Cc1ccc(-c2ccc(C3CN(CC#N)C3)cc2)cc1)CO. The van der Waals surface area contributed by atoms with Crippen LogP contribution in [0.5, 0.6) is 0 Å². The Morgan fingerprint density at radius 2 is 1.75 bits per heavy atom. The predicted molar refractivity (Wildman–Crippen MR) is 123 cm³/mol. The van der Waals surface area contributed by atoms with Gasteiger partial charge in [0.25, 0.3) is 0 Å². The van der Waals surface area contributed by atoms with E-state index in [-0.39, 0.29) is 6.61 Å². The molecule has 1 aliphatic rings. The molecule has 6 nitrogen and oxygen atoms in total. The standard InChI is InChI=1S/C26H26N4O2/c1-19(32)26-28-13-15-30(26)25(18-31)11-4-20-2-5-21(6-3-20)22-7-9-23(10-8-22)24-16-29(17-24)14-12-27/h2-3,5-10,13,15,19,24-25,31-32H,14,16-18H2,1H3/t19-,25-/m0/s1. The maximum Gasteiger partial charge on any atom is 0.138 e. The van der Waals surface area contributed by atoms with Crippen molar-refractivity contribution in [3.05, 3.63) is 77.9 Å². The summed E-state index contributed by atoms with van der Waals surface area (Å²) in [6.45, 7) is 3.89. The summed E-state index contributed by atoms with van der Waals surface area (Å²) in [6, 6.07) is 18.4. The zero-order chi connectivity index (χ0) is 22.5. The number of benzene rings is 2. The van der Waals surface area contributed by atoms with Gasteiger partial charge in [-0.3, -0.25) is 4.90 Å². The smallest absolute Gasteiger partial charge is 0.138 e. The Morgan fingerprint density at radius 1 is 1.09 bits per heavy atom. The van der Waals surface area contributed by atoms with Crippen LogP contribution in [0, 0.1) is 23.2 Å². The third kappa shape index (κ3) is 4.74. The highest BCUT2D eigenvalue weighted by Crippen LogP contribution is 2.29. The van der Waals surface area contributed by atoms with Gasteiger partial charge in [-0.2, -0.15) is 5.26 Å². The number of hydrogen-bond donors (Lipinski definition) is 2. The lowest BCUT2D eigenvalue weighted by Gasteiger charge is -2.37. The second kappa shape index (κ2) is 9.80. The predicted octanol–water partition coefficient (Wildman–Crippen LogP) is 3.11. The number of nitriles is 1. The zero-order valence-electron chi connectivity index (χ0n) is 18.0. The van der Waals surface area contributed by atoms with Crippen LogP contribution < -0.4 is 0 Å². The van der Waals surface area contributed by atoms with E-state index in [1.165, 1.54) is 5.56 Å². The molecular weight excluding hydrogens is 400 g/mol. The summed E-state index contributed by atoms with van der Waals surface area (Å²) in [5, 5.41) is 28.3. The molecule has 0 amide bonds. The first-order valence-electron chi connectivity index (χ1n) is 10.7. The Balaban J connectivity index is 1.43. The van der Waals surface area contributed by atoms with Gasteiger partial charge in [0.2, 0.25) is 0 Å². The van der Waals surface area contributed by atoms with Crippen LogP contribution in [0.25, 0.3) is 11.1 Å². The van der Waals surface area contributed by atoms with Crippen molar-refractivity contribution in [3.63, 3.8) is 0 Å². The van der Waals surface area contributed by atoms with E-state index < -0.39 is 12.1 Å². The number of nitrogens with zero attached hydrogens (tertiary/aromatic N) is 4. The lowest BCUT2D eigenvalue weighted by Crippen LogP contribution is -2.44. The van der Waals surface area contributed by atoms with Crippen molar-refractivity contribution in [1.29, 1.82) is 5.26 Å². The van der Waals surface area contributed by atoms with Crippen LogP contribution in [0.3, 0.4) is 0 Å². The van der Waals surface area contributed by atoms with Crippen LogP contribution >= 0.6 is 0 Å². The molecule has 1 saturated heterocycles. The van der Waals surface area contributed by atoms with Crippen molar-refractivity contribution < 1.29 is 10.2 Å². The van der Waals surface area contributed by atoms with Gasteiger partial charge in [0.1, 0.15) is 18.0 Å². The van der Waals surface area contributed by atoms with Crippen LogP contribution in [0.1, 0.15) is 41.9 Å². The molecule has 2 heterocycles. The Kier molecular flexibility index (Phi) is 6.68. The number of aliphatic hydroxyl groups excluding tert-OH is 2. The van der Waals surface area contributed by atoms with Gasteiger partial charge in [0, 0.05) is 37.0 Å². The van der Waals surface area contributed by atoms with E-state index in [1.807, 2.05) is 24.3 Å². The Hall–Kier alpha value is -3.42. The summed E-state index contributed by atoms with van der Waals surface area (Å²) >= 11 is 0. The summed E-state index contributed by atoms with van der Waals surface area (Å²) in [5.74, 6) is 7.19. The number of imidazole rings is 1. The second-order valence-corrected chi connectivity index (χ2v) is 8.08. The number of likely N-dealkylation sites (tertiary alicyclic amines) is 1. The number of rotatable bonds is 6. The fourth-order valence-corrected chi connectivity index (χ4v) is 3.99. The van der Waals surface area contributed by atoms with Gasteiger partial charge in [-0.05, 0) is 35.7 Å². The molecular formula is C26H26N4O2. The first kappa shape index (κ1) is 21.8. The zero-order valence-corrected chi connectivity index (χ0v) is 18.0. The van der Waals surface area contributed by atoms with Crippen LogP contribution in [-0.4, -0.2) is 50.9 Å². The molecule has 4 rings (SSSR count). The third-order valence-electron chi connectivity index (χ3n) is 5.82. The lowest BCUT2D eigenvalue weighted by molar-refractivity contribution is 0.169. The van der Waals surface area contributed by atoms with Crippen molar-refractivity contribution in [2.24, 2.45) is 0 Å². The van der Waals surface area contributed by atoms with Gasteiger partial charge >= 0.3 is 0 Å². The molecule has 6 heteroatoms. The Labute approximate surface area is 188 Å². The average Bonchev–Trinajstić information content (AvgIpc) is 3.27. The molecule has 0 aliphatic carbocycles. The minimum atomic E-state index is -0.729. The molecule has 0 unspecified atom stereocenters. The largest absolute Gasteiger partial charge is 0.393 e. The minimum absolute atomic E-state index is 0.164. The first-order valence-corrected chi connectivity index (χ1v) is 10.7. The molecule has 2 aromatic carbocycles. The highest BCUT2D eigenvalue weighted by atomic mass is 16.3. The molecule has 2 N–H and O–H groups in total. The maximum absolute atomic E-state index is 9.83. The molecule has 1 fully saturated rings. The fraction of sp³-hybridized carbons (Fsp3) is 0.308. The minimum Gasteiger partial charge on any atom is -0.393 e. The van der Waals surface area contributed by atoms with Gasteiger partial charge in [0.15, 0.2) is 0 Å². The van der Waals surface area contributed by atoms with E-state index in [0.29, 0.717) is 18.3 Å². The number of aliphatic hydroxyl groups is 2. The number of aromatic nitrogens is 2. The third-order valence-corrected chi connectivity index (χ3v) is 5.82. The molecule has 1 aliphatic heterocycles. The summed E-state index contributed by atoms with van der Waals surface area (Å²) in [5.41, 5.74) is 4.44. The van der Waals surface area contributed by atoms with Crippen molar-refractivity contribution in [2.75, 3.05) is 26.2 Å². The van der Waals surface area contributed by atoms with Crippen LogP contribution in [0.4, 0.5) is 0 Å². The fourth-order valence-electron chi connectivity index (χ4n) is 3.99. The molecule has 0 saturated carbocycles. The summed E-state index contributed by atoms with van der Waals surface area (Å²) < 4.78 is 1.70. The quantitative estimate of drug-likeness (QED) is 0.467. The topological polar surface area (TPSA) is 85.3 Å². The summed E-state index contributed by atoms with van der Waals surface area (Å²) in [7, 11) is 0. The number of hydrogen-bond acceptors (Lipinski definition) is 5. The molecule has 0 spiro atoms. The first-order chi connectivity index (χ1) is 15.6. The monoisotopic (exact) mass is 426 g/mol. The van der Waals surface area contributed by atoms with Crippen molar-refractivity contribution >= 4 is 0 Å². The van der Waals surface area contributed by atoms with E-state index in [9.17, 15) is 10.2 Å². The summed E-state index contributed by atoms with van der Waals surface area (Å²) in [4.78, 5) is 6.29. The molecule has 1 aromatic heterocycles. The van der Waals surface area contributed by atoms with Crippen molar-refractivity contribution in [3.8, 4) is 29.0 Å². The van der Waals surface area contributed by atoms with Gasteiger partial charge in [-0.15, -0.1) is 0 Å². The van der Waals surface area contributed by atoms with Crippen molar-refractivity contribution in [2.45, 2.75) is 25.0 Å². The normalized spacial score (nSPS) is 15.8. The van der Waals surface area contributed by atoms with E-state index in [1.54, 1.807) is 23.9 Å². The molecule has 3 aromatic rings. The van der Waals surface area contributed by atoms with Gasteiger partial charge in [0.05, 0.1) is 19.2 Å². The molecule has 32 heavy (non-hydrogen) atoms.